The number of amides is 1. The van der Waals surface area contributed by atoms with Gasteiger partial charge in [0.2, 0.25) is 10.0 Å². The van der Waals surface area contributed by atoms with E-state index in [1.54, 1.807) is 36.4 Å². The lowest BCUT2D eigenvalue weighted by molar-refractivity contribution is -0.151. The summed E-state index contributed by atoms with van der Waals surface area (Å²) in [6, 6.07) is 15.2. The van der Waals surface area contributed by atoms with Gasteiger partial charge in [0.25, 0.3) is 5.91 Å². The Morgan fingerprint density at radius 3 is 2.32 bits per heavy atom. The number of rotatable bonds is 10. The van der Waals surface area contributed by atoms with Crippen LogP contribution in [0.15, 0.2) is 71.6 Å². The van der Waals surface area contributed by atoms with E-state index in [1.165, 1.54) is 25.1 Å². The number of halogens is 3. The summed E-state index contributed by atoms with van der Waals surface area (Å²) >= 11 is 17.7. The van der Waals surface area contributed by atoms with Crippen LogP contribution in [-0.2, 0) is 24.3 Å². The van der Waals surface area contributed by atoms with Crippen LogP contribution in [0.3, 0.4) is 0 Å². The molecule has 13 heteroatoms. The molecule has 0 saturated carbocycles. The predicted octanol–water partition coefficient (Wildman–Crippen LogP) is 4.65. The Balaban J connectivity index is 1.66. The van der Waals surface area contributed by atoms with E-state index in [2.05, 4.69) is 5.32 Å². The number of aliphatic hydroxyl groups excluding tert-OH is 1. The summed E-state index contributed by atoms with van der Waals surface area (Å²) in [5.41, 5.74) is 0.213. The van der Waals surface area contributed by atoms with Gasteiger partial charge in [-0.05, 0) is 55.5 Å². The number of nitrogens with one attached hydrogen (secondary N) is 2. The molecule has 3 aromatic rings. The maximum absolute atomic E-state index is 12.7. The van der Waals surface area contributed by atoms with Crippen molar-refractivity contribution in [2.45, 2.75) is 24.0 Å². The molecule has 1 amide bonds. The van der Waals surface area contributed by atoms with E-state index >= 15 is 0 Å². The molecule has 0 unspecified atom stereocenters. The highest BCUT2D eigenvalue weighted by Crippen LogP contribution is 2.32. The Hall–Kier alpha value is -2.86. The van der Waals surface area contributed by atoms with Crippen LogP contribution < -0.4 is 14.8 Å². The minimum Gasteiger partial charge on any atom is -0.455 e. The fraction of sp³-hybridized carbons (Fsp3) is 0.167. The standard InChI is InChI=1S/C24H21Cl3N2O7S/c1-14(30)23(29-37(33,34)17-8-9-18(26)19(27)12-17)24(32)35-13-22(31)28-20-11-15(25)7-10-21(20)36-16-5-3-2-4-6-16/h2-12,14,23,29-30H,13H2,1H3,(H,28,31)/t14-,23+/m0/s1. The summed E-state index contributed by atoms with van der Waals surface area (Å²) in [4.78, 5) is 24.8. The first kappa shape index (κ1) is 28.7. The van der Waals surface area contributed by atoms with E-state index < -0.39 is 40.7 Å². The number of carbonyl (C=O) groups is 2. The van der Waals surface area contributed by atoms with Gasteiger partial charge in [-0.3, -0.25) is 9.59 Å². The van der Waals surface area contributed by atoms with Gasteiger partial charge >= 0.3 is 5.97 Å². The fourth-order valence-electron chi connectivity index (χ4n) is 2.94. The largest absolute Gasteiger partial charge is 0.455 e. The first-order valence-corrected chi connectivity index (χ1v) is 13.2. The lowest BCUT2D eigenvalue weighted by Crippen LogP contribution is -2.48. The maximum atomic E-state index is 12.7. The zero-order chi connectivity index (χ0) is 27.2. The lowest BCUT2D eigenvalue weighted by Gasteiger charge is -2.20. The van der Waals surface area contributed by atoms with Crippen LogP contribution >= 0.6 is 34.8 Å². The molecule has 0 bridgehead atoms. The molecule has 0 heterocycles. The van der Waals surface area contributed by atoms with Gasteiger partial charge in [0.1, 0.15) is 11.8 Å². The average Bonchev–Trinajstić information content (AvgIpc) is 2.85. The highest BCUT2D eigenvalue weighted by Gasteiger charge is 2.31. The second kappa shape index (κ2) is 12.6. The number of esters is 1. The number of aliphatic hydroxyl groups is 1. The van der Waals surface area contributed by atoms with Crippen molar-refractivity contribution in [3.05, 3.63) is 81.8 Å². The lowest BCUT2D eigenvalue weighted by atomic mass is 10.2. The Bertz CT molecular complexity index is 1390. The summed E-state index contributed by atoms with van der Waals surface area (Å²) in [5.74, 6) is -1.14. The normalized spacial score (nSPS) is 12.9. The van der Waals surface area contributed by atoms with Crippen molar-refractivity contribution < 1.29 is 32.6 Å². The zero-order valence-electron chi connectivity index (χ0n) is 19.2. The van der Waals surface area contributed by atoms with E-state index in [4.69, 9.17) is 44.3 Å². The third kappa shape index (κ3) is 8.06. The highest BCUT2D eigenvalue weighted by atomic mass is 35.5. The molecule has 0 aromatic heterocycles. The molecule has 2 atom stereocenters. The third-order valence-corrected chi connectivity index (χ3v) is 7.16. The number of hydrogen-bond donors (Lipinski definition) is 3. The second-order valence-corrected chi connectivity index (χ2v) is 10.6. The molecule has 3 N–H and O–H groups in total. The van der Waals surface area contributed by atoms with Gasteiger partial charge in [0.15, 0.2) is 12.4 Å². The topological polar surface area (TPSA) is 131 Å². The fourth-order valence-corrected chi connectivity index (χ4v) is 4.76. The van der Waals surface area contributed by atoms with E-state index in [0.29, 0.717) is 10.8 Å². The first-order valence-electron chi connectivity index (χ1n) is 10.6. The van der Waals surface area contributed by atoms with Gasteiger partial charge in [-0.15, -0.1) is 0 Å². The van der Waals surface area contributed by atoms with Crippen molar-refractivity contribution in [2.75, 3.05) is 11.9 Å². The van der Waals surface area contributed by atoms with Crippen LogP contribution in [0.25, 0.3) is 0 Å². The Labute approximate surface area is 228 Å². The Morgan fingerprint density at radius 1 is 0.973 bits per heavy atom. The Kier molecular flexibility index (Phi) is 9.77. The molecule has 9 nitrogen and oxygen atoms in total. The average molecular weight is 588 g/mol. The maximum Gasteiger partial charge on any atom is 0.327 e. The van der Waals surface area contributed by atoms with Crippen molar-refractivity contribution >= 4 is 62.4 Å². The van der Waals surface area contributed by atoms with Crippen molar-refractivity contribution in [3.63, 3.8) is 0 Å². The molecule has 0 spiro atoms. The molecule has 3 rings (SSSR count). The SMILES string of the molecule is C[C@H](O)[C@@H](NS(=O)(=O)c1ccc(Cl)c(Cl)c1)C(=O)OCC(=O)Nc1cc(Cl)ccc1Oc1ccccc1. The summed E-state index contributed by atoms with van der Waals surface area (Å²) in [6.45, 7) is 0.399. The van der Waals surface area contributed by atoms with Crippen molar-refractivity contribution in [1.82, 2.24) is 4.72 Å². The number of para-hydroxylation sites is 1. The van der Waals surface area contributed by atoms with Crippen molar-refractivity contribution in [1.29, 1.82) is 0 Å². The van der Waals surface area contributed by atoms with Crippen LogP contribution in [-0.4, -0.2) is 44.2 Å². The first-order chi connectivity index (χ1) is 17.5. The molecule has 0 aliphatic carbocycles. The molecule has 0 saturated heterocycles. The smallest absolute Gasteiger partial charge is 0.327 e. The highest BCUT2D eigenvalue weighted by molar-refractivity contribution is 7.89. The summed E-state index contributed by atoms with van der Waals surface area (Å²) < 4.78 is 38.1. The number of anilines is 1. The Morgan fingerprint density at radius 2 is 1.68 bits per heavy atom. The minimum absolute atomic E-state index is 0.0194. The molecule has 196 valence electrons. The number of ether oxygens (including phenoxy) is 2. The molecule has 3 aromatic carbocycles. The number of hydrogen-bond acceptors (Lipinski definition) is 7. The van der Waals surface area contributed by atoms with Crippen molar-refractivity contribution in [2.24, 2.45) is 0 Å². The number of sulfonamides is 1. The third-order valence-electron chi connectivity index (χ3n) is 4.75. The molecule has 0 aliphatic rings. The van der Waals surface area contributed by atoms with Crippen LogP contribution in [0.1, 0.15) is 6.92 Å². The van der Waals surface area contributed by atoms with Gasteiger partial charge in [-0.25, -0.2) is 8.42 Å². The minimum atomic E-state index is -4.30. The summed E-state index contributed by atoms with van der Waals surface area (Å²) in [7, 11) is -4.30. The van der Waals surface area contributed by atoms with E-state index in [9.17, 15) is 23.1 Å². The zero-order valence-corrected chi connectivity index (χ0v) is 22.2. The number of carbonyl (C=O) groups excluding carboxylic acids is 2. The molecule has 0 aliphatic heterocycles. The second-order valence-electron chi connectivity index (χ2n) is 7.63. The monoisotopic (exact) mass is 586 g/mol. The molecular weight excluding hydrogens is 567 g/mol. The summed E-state index contributed by atoms with van der Waals surface area (Å²) in [6.07, 6.45) is -1.49. The quantitative estimate of drug-likeness (QED) is 0.294. The predicted molar refractivity (Wildman–Crippen MR) is 140 cm³/mol. The van der Waals surface area contributed by atoms with Crippen LogP contribution in [0.5, 0.6) is 11.5 Å². The van der Waals surface area contributed by atoms with Gasteiger partial charge < -0.3 is 19.9 Å². The van der Waals surface area contributed by atoms with Crippen LogP contribution in [0.2, 0.25) is 15.1 Å². The van der Waals surface area contributed by atoms with Gasteiger partial charge in [0.05, 0.1) is 26.7 Å². The van der Waals surface area contributed by atoms with Gasteiger partial charge in [-0.2, -0.15) is 4.72 Å². The van der Waals surface area contributed by atoms with Gasteiger partial charge in [0, 0.05) is 5.02 Å². The van der Waals surface area contributed by atoms with Gasteiger partial charge in [-0.1, -0.05) is 53.0 Å². The molecular formula is C24H21Cl3N2O7S. The van der Waals surface area contributed by atoms with E-state index in [1.807, 2.05) is 10.8 Å². The van der Waals surface area contributed by atoms with Crippen LogP contribution in [0, 0.1) is 0 Å². The molecule has 37 heavy (non-hydrogen) atoms. The number of benzene rings is 3. The van der Waals surface area contributed by atoms with Crippen molar-refractivity contribution in [3.8, 4) is 11.5 Å². The summed E-state index contributed by atoms with van der Waals surface area (Å²) in [5, 5.41) is 13.0. The molecule has 0 radical (unpaired) electrons. The van der Waals surface area contributed by atoms with E-state index in [0.717, 1.165) is 6.07 Å². The molecule has 0 fully saturated rings. The van der Waals surface area contributed by atoms with Crippen LogP contribution in [0.4, 0.5) is 5.69 Å². The van der Waals surface area contributed by atoms with E-state index in [-0.39, 0.29) is 26.4 Å².